The van der Waals surface area contributed by atoms with Crippen LogP contribution in [0.3, 0.4) is 0 Å². The van der Waals surface area contributed by atoms with E-state index in [1.807, 2.05) is 45.0 Å². The van der Waals surface area contributed by atoms with Gasteiger partial charge in [0.25, 0.3) is 5.91 Å². The first-order valence-corrected chi connectivity index (χ1v) is 11.7. The molecule has 35 heavy (non-hydrogen) atoms. The van der Waals surface area contributed by atoms with Crippen LogP contribution in [0.5, 0.6) is 0 Å². The molecule has 7 nitrogen and oxygen atoms in total. The molecule has 0 radical (unpaired) electrons. The third kappa shape index (κ3) is 7.89. The molecule has 2 N–H and O–H groups in total. The molecule has 0 heterocycles. The van der Waals surface area contributed by atoms with E-state index in [1.54, 1.807) is 45.0 Å². The Morgan fingerprint density at radius 2 is 1.71 bits per heavy atom. The van der Waals surface area contributed by atoms with E-state index in [0.29, 0.717) is 23.2 Å². The van der Waals surface area contributed by atoms with Crippen molar-refractivity contribution < 1.29 is 19.1 Å². The highest BCUT2D eigenvalue weighted by Crippen LogP contribution is 2.27. The van der Waals surface area contributed by atoms with Gasteiger partial charge in [-0.2, -0.15) is 0 Å². The molecular weight excluding hydrogens is 442 g/mol. The lowest BCUT2D eigenvalue weighted by Gasteiger charge is -2.36. The first kappa shape index (κ1) is 27.5. The number of carbonyl (C=O) groups is 3. The van der Waals surface area contributed by atoms with Crippen LogP contribution in [0.1, 0.15) is 63.8 Å². The van der Waals surface area contributed by atoms with Gasteiger partial charge in [-0.3, -0.25) is 9.59 Å². The van der Waals surface area contributed by atoms with Crippen molar-refractivity contribution in [2.45, 2.75) is 65.6 Å². The van der Waals surface area contributed by atoms with Crippen molar-refractivity contribution in [1.29, 1.82) is 0 Å². The van der Waals surface area contributed by atoms with E-state index < -0.39 is 23.6 Å². The molecule has 2 unspecified atom stereocenters. The Bertz CT molecular complexity index is 1080. The summed E-state index contributed by atoms with van der Waals surface area (Å²) in [7, 11) is 0. The summed E-state index contributed by atoms with van der Waals surface area (Å²) in [5.74, 6) is 1.80. The highest BCUT2D eigenvalue weighted by atomic mass is 16.6. The van der Waals surface area contributed by atoms with Gasteiger partial charge in [-0.15, -0.1) is 6.42 Å². The number of hydrogen-bond donors (Lipinski definition) is 2. The first-order chi connectivity index (χ1) is 16.5. The highest BCUT2D eigenvalue weighted by Gasteiger charge is 2.34. The number of para-hydroxylation sites is 1. The quantitative estimate of drug-likeness (QED) is 0.534. The fourth-order valence-electron chi connectivity index (χ4n) is 3.51. The van der Waals surface area contributed by atoms with Crippen molar-refractivity contribution in [2.24, 2.45) is 0 Å². The number of aryl methyl sites for hydroxylation is 1. The second-order valence-corrected chi connectivity index (χ2v) is 9.39. The van der Waals surface area contributed by atoms with Crippen LogP contribution < -0.4 is 10.6 Å². The van der Waals surface area contributed by atoms with Gasteiger partial charge in [-0.25, -0.2) is 4.79 Å². The number of anilines is 1. The molecular formula is C28H35N3O4. The monoisotopic (exact) mass is 477 g/mol. The molecule has 0 saturated carbocycles. The number of terminal acetylenes is 1. The summed E-state index contributed by atoms with van der Waals surface area (Å²) in [6.45, 7) is 10.6. The lowest BCUT2D eigenvalue weighted by molar-refractivity contribution is -0.140. The highest BCUT2D eigenvalue weighted by molar-refractivity contribution is 5.99. The van der Waals surface area contributed by atoms with Gasteiger partial charge in [0.1, 0.15) is 18.2 Å². The molecule has 0 spiro atoms. The summed E-state index contributed by atoms with van der Waals surface area (Å²) in [5.41, 5.74) is 2.14. The zero-order chi connectivity index (χ0) is 26.2. The van der Waals surface area contributed by atoms with Gasteiger partial charge in [-0.05, 0) is 70.4 Å². The van der Waals surface area contributed by atoms with E-state index in [0.717, 1.165) is 5.56 Å². The van der Waals surface area contributed by atoms with Gasteiger partial charge < -0.3 is 20.3 Å². The minimum Gasteiger partial charge on any atom is -0.444 e. The van der Waals surface area contributed by atoms with Crippen LogP contribution in [0, 0.1) is 19.3 Å². The molecule has 0 fully saturated rings. The maximum Gasteiger partial charge on any atom is 0.408 e. The van der Waals surface area contributed by atoms with Crippen molar-refractivity contribution >= 4 is 23.6 Å². The largest absolute Gasteiger partial charge is 0.444 e. The number of hydrogen-bond acceptors (Lipinski definition) is 4. The number of ether oxygens (including phenoxy) is 1. The van der Waals surface area contributed by atoms with Gasteiger partial charge in [0.2, 0.25) is 5.91 Å². The maximum atomic E-state index is 13.7. The maximum absolute atomic E-state index is 13.7. The molecule has 0 aliphatic heterocycles. The normalized spacial score (nSPS) is 12.6. The van der Waals surface area contributed by atoms with Gasteiger partial charge >= 0.3 is 6.09 Å². The Balaban J connectivity index is 2.42. The number of carbonyl (C=O) groups excluding carboxylic acids is 3. The molecule has 0 bridgehead atoms. The van der Waals surface area contributed by atoms with Crippen LogP contribution in [-0.2, 0) is 14.3 Å². The fourth-order valence-corrected chi connectivity index (χ4v) is 3.51. The van der Waals surface area contributed by atoms with E-state index in [2.05, 4.69) is 16.6 Å². The summed E-state index contributed by atoms with van der Waals surface area (Å²) in [5, 5.41) is 5.47. The van der Waals surface area contributed by atoms with Crippen LogP contribution in [0.15, 0.2) is 48.5 Å². The molecule has 0 aliphatic rings. The Kier molecular flexibility index (Phi) is 9.47. The van der Waals surface area contributed by atoms with Crippen LogP contribution in [0.25, 0.3) is 0 Å². The molecule has 2 atom stereocenters. The number of alkyl carbamates (subject to hydrolysis) is 1. The molecule has 0 aromatic heterocycles. The topological polar surface area (TPSA) is 87.7 Å². The smallest absolute Gasteiger partial charge is 0.408 e. The number of benzene rings is 2. The van der Waals surface area contributed by atoms with Crippen molar-refractivity contribution in [3.63, 3.8) is 0 Å². The molecule has 0 saturated heterocycles. The van der Waals surface area contributed by atoms with E-state index in [-0.39, 0.29) is 18.5 Å². The third-order valence-corrected chi connectivity index (χ3v) is 5.46. The third-order valence-electron chi connectivity index (χ3n) is 5.46. The molecule has 3 amide bonds. The van der Waals surface area contributed by atoms with Crippen LogP contribution in [-0.4, -0.2) is 41.0 Å². The second-order valence-electron chi connectivity index (χ2n) is 9.39. The zero-order valence-electron chi connectivity index (χ0n) is 21.3. The number of nitrogens with one attached hydrogen (secondary N) is 2. The standard InChI is InChI=1S/C28H35N3O4/c1-8-20(4)31(24(32)18-29-27(34)35-28(5,6)7)25(22-16-14-21(9-2)15-17-22)26(33)30-23-13-11-10-12-19(23)3/h2,10-17,20,25H,8,18H2,1,3-7H3,(H,29,34)(H,30,33). The van der Waals surface area contributed by atoms with Gasteiger partial charge in [-0.1, -0.05) is 43.2 Å². The predicted octanol–water partition coefficient (Wildman–Crippen LogP) is 4.81. The zero-order valence-corrected chi connectivity index (χ0v) is 21.3. The molecule has 2 rings (SSSR count). The Morgan fingerprint density at radius 3 is 2.26 bits per heavy atom. The SMILES string of the molecule is C#Cc1ccc(C(C(=O)Nc2ccccc2C)N(C(=O)CNC(=O)OC(C)(C)C)C(C)CC)cc1. The average molecular weight is 478 g/mol. The first-order valence-electron chi connectivity index (χ1n) is 11.7. The molecule has 7 heteroatoms. The van der Waals surface area contributed by atoms with Gasteiger partial charge in [0.05, 0.1) is 0 Å². The Morgan fingerprint density at radius 1 is 1.09 bits per heavy atom. The average Bonchev–Trinajstić information content (AvgIpc) is 2.81. The van der Waals surface area contributed by atoms with Crippen LogP contribution in [0.2, 0.25) is 0 Å². The van der Waals surface area contributed by atoms with Crippen molar-refractivity contribution in [3.05, 3.63) is 65.2 Å². The van der Waals surface area contributed by atoms with Crippen molar-refractivity contribution in [3.8, 4) is 12.3 Å². The van der Waals surface area contributed by atoms with E-state index in [4.69, 9.17) is 11.2 Å². The van der Waals surface area contributed by atoms with E-state index >= 15 is 0 Å². The molecule has 186 valence electrons. The van der Waals surface area contributed by atoms with E-state index in [9.17, 15) is 14.4 Å². The van der Waals surface area contributed by atoms with Crippen molar-refractivity contribution in [2.75, 3.05) is 11.9 Å². The van der Waals surface area contributed by atoms with Crippen LogP contribution in [0.4, 0.5) is 10.5 Å². The molecule has 0 aliphatic carbocycles. The summed E-state index contributed by atoms with van der Waals surface area (Å²) < 4.78 is 5.25. The minimum absolute atomic E-state index is 0.289. The Labute approximate surface area is 208 Å². The van der Waals surface area contributed by atoms with E-state index in [1.165, 1.54) is 4.90 Å². The summed E-state index contributed by atoms with van der Waals surface area (Å²) in [6, 6.07) is 13.2. The second kappa shape index (κ2) is 12.1. The number of nitrogens with zero attached hydrogens (tertiary/aromatic N) is 1. The van der Waals surface area contributed by atoms with Crippen molar-refractivity contribution in [1.82, 2.24) is 10.2 Å². The molecule has 2 aromatic carbocycles. The minimum atomic E-state index is -0.940. The van der Waals surface area contributed by atoms with Gasteiger partial charge in [0.15, 0.2) is 0 Å². The lowest BCUT2D eigenvalue weighted by atomic mass is 9.99. The number of amides is 3. The number of rotatable bonds is 8. The summed E-state index contributed by atoms with van der Waals surface area (Å²) in [6.07, 6.45) is 5.40. The summed E-state index contributed by atoms with van der Waals surface area (Å²) >= 11 is 0. The fraction of sp³-hybridized carbons (Fsp3) is 0.393. The summed E-state index contributed by atoms with van der Waals surface area (Å²) in [4.78, 5) is 40.7. The molecule has 2 aromatic rings. The van der Waals surface area contributed by atoms with Crippen LogP contribution >= 0.6 is 0 Å². The van der Waals surface area contributed by atoms with Gasteiger partial charge in [0, 0.05) is 17.3 Å². The lowest BCUT2D eigenvalue weighted by Crippen LogP contribution is -2.50. The predicted molar refractivity (Wildman–Crippen MR) is 138 cm³/mol. The Hall–Kier alpha value is -3.79.